The van der Waals surface area contributed by atoms with Crippen LogP contribution in [0.5, 0.6) is 5.75 Å². The summed E-state index contributed by atoms with van der Waals surface area (Å²) in [6.07, 6.45) is 1.38. The number of methoxy groups -OCH3 is 2. The molecule has 0 unspecified atom stereocenters. The van der Waals surface area contributed by atoms with Crippen molar-refractivity contribution in [3.8, 4) is 5.75 Å². The molecule has 4 heteroatoms. The van der Waals surface area contributed by atoms with E-state index in [1.54, 1.807) is 25.3 Å². The number of hydrogen-bond donors (Lipinski definition) is 0. The van der Waals surface area contributed by atoms with Crippen LogP contribution in [-0.4, -0.2) is 20.2 Å². The van der Waals surface area contributed by atoms with E-state index >= 15 is 0 Å². The molecule has 0 radical (unpaired) electrons. The highest BCUT2D eigenvalue weighted by atomic mass is 16.5. The third kappa shape index (κ3) is 1.54. The lowest BCUT2D eigenvalue weighted by molar-refractivity contribution is 0.0602. The van der Waals surface area contributed by atoms with Crippen LogP contribution in [0.4, 0.5) is 0 Å². The minimum absolute atomic E-state index is 0.409. The van der Waals surface area contributed by atoms with Gasteiger partial charge in [-0.15, -0.1) is 0 Å². The molecule has 1 aromatic carbocycles. The Hall–Kier alpha value is -1.97. The molecular formula is C11H10O4. The monoisotopic (exact) mass is 206 g/mol. The smallest absolute Gasteiger partial charge is 0.341 e. The molecule has 0 aliphatic rings. The average Bonchev–Trinajstić information content (AvgIpc) is 2.70. The first-order valence-electron chi connectivity index (χ1n) is 4.40. The number of furan rings is 1. The van der Waals surface area contributed by atoms with E-state index in [2.05, 4.69) is 4.74 Å². The Morgan fingerprint density at radius 3 is 2.80 bits per heavy atom. The first-order valence-corrected chi connectivity index (χ1v) is 4.40. The molecule has 0 fully saturated rings. The summed E-state index contributed by atoms with van der Waals surface area (Å²) in [6.45, 7) is 0. The van der Waals surface area contributed by atoms with Crippen LogP contribution in [-0.2, 0) is 4.74 Å². The van der Waals surface area contributed by atoms with Gasteiger partial charge in [0.05, 0.1) is 14.2 Å². The maximum absolute atomic E-state index is 11.4. The van der Waals surface area contributed by atoms with Crippen LogP contribution in [0.1, 0.15) is 10.4 Å². The van der Waals surface area contributed by atoms with Gasteiger partial charge in [0.2, 0.25) is 0 Å². The van der Waals surface area contributed by atoms with Gasteiger partial charge in [-0.25, -0.2) is 4.79 Å². The Morgan fingerprint density at radius 2 is 2.13 bits per heavy atom. The van der Waals surface area contributed by atoms with Gasteiger partial charge in [-0.05, 0) is 18.2 Å². The summed E-state index contributed by atoms with van der Waals surface area (Å²) in [4.78, 5) is 11.4. The minimum atomic E-state index is -0.415. The molecule has 1 aromatic heterocycles. The lowest BCUT2D eigenvalue weighted by Crippen LogP contribution is -1.99. The number of hydrogen-bond acceptors (Lipinski definition) is 4. The fourth-order valence-corrected chi connectivity index (χ4v) is 1.40. The SMILES string of the molecule is COC(=O)c1coc2ccc(OC)cc12. The quantitative estimate of drug-likeness (QED) is 0.707. The molecule has 1 heterocycles. The molecule has 0 saturated heterocycles. The van der Waals surface area contributed by atoms with Gasteiger partial charge in [0.1, 0.15) is 23.2 Å². The Labute approximate surface area is 86.4 Å². The van der Waals surface area contributed by atoms with Crippen LogP contribution in [0.2, 0.25) is 0 Å². The summed E-state index contributed by atoms with van der Waals surface area (Å²) in [6, 6.07) is 5.26. The van der Waals surface area contributed by atoms with Gasteiger partial charge in [-0.1, -0.05) is 0 Å². The summed E-state index contributed by atoms with van der Waals surface area (Å²) < 4.78 is 14.9. The number of fused-ring (bicyclic) bond motifs is 1. The number of carbonyl (C=O) groups excluding carboxylic acids is 1. The number of esters is 1. The Morgan fingerprint density at radius 1 is 1.33 bits per heavy atom. The summed E-state index contributed by atoms with van der Waals surface area (Å²) in [5.41, 5.74) is 1.04. The van der Waals surface area contributed by atoms with Crippen LogP contribution >= 0.6 is 0 Å². The van der Waals surface area contributed by atoms with E-state index in [-0.39, 0.29) is 0 Å². The summed E-state index contributed by atoms with van der Waals surface area (Å²) in [7, 11) is 2.90. The molecule has 2 rings (SSSR count). The molecule has 2 aromatic rings. The lowest BCUT2D eigenvalue weighted by atomic mass is 10.2. The molecule has 0 amide bonds. The van der Waals surface area contributed by atoms with E-state index < -0.39 is 5.97 Å². The predicted octanol–water partition coefficient (Wildman–Crippen LogP) is 2.23. The maximum atomic E-state index is 11.4. The second kappa shape index (κ2) is 3.65. The molecule has 0 saturated carbocycles. The minimum Gasteiger partial charge on any atom is -0.497 e. The summed E-state index contributed by atoms with van der Waals surface area (Å²) >= 11 is 0. The van der Waals surface area contributed by atoms with Gasteiger partial charge in [0.15, 0.2) is 0 Å². The molecule has 0 spiro atoms. The highest BCUT2D eigenvalue weighted by Crippen LogP contribution is 2.26. The lowest BCUT2D eigenvalue weighted by Gasteiger charge is -1.99. The van der Waals surface area contributed by atoms with Gasteiger partial charge >= 0.3 is 5.97 Å². The number of carbonyl (C=O) groups is 1. The Kier molecular flexibility index (Phi) is 2.33. The van der Waals surface area contributed by atoms with Crippen molar-refractivity contribution in [3.05, 3.63) is 30.0 Å². The highest BCUT2D eigenvalue weighted by Gasteiger charge is 2.14. The topological polar surface area (TPSA) is 48.7 Å². The first-order chi connectivity index (χ1) is 7.26. The largest absolute Gasteiger partial charge is 0.497 e. The van der Waals surface area contributed by atoms with Crippen molar-refractivity contribution in [2.75, 3.05) is 14.2 Å². The van der Waals surface area contributed by atoms with Crippen LogP contribution in [0, 0.1) is 0 Å². The van der Waals surface area contributed by atoms with Crippen LogP contribution in [0.3, 0.4) is 0 Å². The molecule has 0 aliphatic carbocycles. The average molecular weight is 206 g/mol. The molecule has 0 N–H and O–H groups in total. The molecule has 0 atom stereocenters. The van der Waals surface area contributed by atoms with Crippen LogP contribution in [0.15, 0.2) is 28.9 Å². The van der Waals surface area contributed by atoms with Crippen LogP contribution in [0.25, 0.3) is 11.0 Å². The second-order valence-corrected chi connectivity index (χ2v) is 3.00. The fourth-order valence-electron chi connectivity index (χ4n) is 1.40. The fraction of sp³-hybridized carbons (Fsp3) is 0.182. The van der Waals surface area contributed by atoms with E-state index in [4.69, 9.17) is 9.15 Å². The van der Waals surface area contributed by atoms with Gasteiger partial charge < -0.3 is 13.9 Å². The molecule has 78 valence electrons. The number of rotatable bonds is 2. The first kappa shape index (κ1) is 9.58. The Balaban J connectivity index is 2.61. The van der Waals surface area contributed by atoms with E-state index in [1.165, 1.54) is 13.4 Å². The zero-order chi connectivity index (χ0) is 10.8. The number of ether oxygens (including phenoxy) is 2. The van der Waals surface area contributed by atoms with Crippen molar-refractivity contribution in [3.63, 3.8) is 0 Å². The molecule has 0 aliphatic heterocycles. The van der Waals surface area contributed by atoms with Gasteiger partial charge in [-0.3, -0.25) is 0 Å². The summed E-state index contributed by atoms with van der Waals surface area (Å²) in [5.74, 6) is 0.260. The van der Waals surface area contributed by atoms with Crippen molar-refractivity contribution < 1.29 is 18.7 Å². The second-order valence-electron chi connectivity index (χ2n) is 3.00. The van der Waals surface area contributed by atoms with Crippen LogP contribution < -0.4 is 4.74 Å². The van der Waals surface area contributed by atoms with Crippen molar-refractivity contribution in [1.82, 2.24) is 0 Å². The van der Waals surface area contributed by atoms with E-state index in [0.29, 0.717) is 22.3 Å². The molecular weight excluding hydrogens is 196 g/mol. The van der Waals surface area contributed by atoms with E-state index in [0.717, 1.165) is 0 Å². The van der Waals surface area contributed by atoms with E-state index in [9.17, 15) is 4.79 Å². The third-order valence-electron chi connectivity index (χ3n) is 2.19. The molecule has 0 bridgehead atoms. The molecule has 15 heavy (non-hydrogen) atoms. The van der Waals surface area contributed by atoms with Crippen molar-refractivity contribution in [2.45, 2.75) is 0 Å². The normalized spacial score (nSPS) is 10.3. The standard InChI is InChI=1S/C11H10O4/c1-13-7-3-4-10-8(5-7)9(6-15-10)11(12)14-2/h3-6H,1-2H3. The predicted molar refractivity (Wildman–Crippen MR) is 54.1 cm³/mol. The zero-order valence-electron chi connectivity index (χ0n) is 8.44. The van der Waals surface area contributed by atoms with Crippen molar-refractivity contribution >= 4 is 16.9 Å². The third-order valence-corrected chi connectivity index (χ3v) is 2.19. The van der Waals surface area contributed by atoms with Crippen molar-refractivity contribution in [1.29, 1.82) is 0 Å². The molecule has 4 nitrogen and oxygen atoms in total. The van der Waals surface area contributed by atoms with E-state index in [1.807, 2.05) is 0 Å². The van der Waals surface area contributed by atoms with Gasteiger partial charge in [0.25, 0.3) is 0 Å². The maximum Gasteiger partial charge on any atom is 0.341 e. The van der Waals surface area contributed by atoms with Gasteiger partial charge in [-0.2, -0.15) is 0 Å². The van der Waals surface area contributed by atoms with Crippen molar-refractivity contribution in [2.24, 2.45) is 0 Å². The number of benzene rings is 1. The zero-order valence-corrected chi connectivity index (χ0v) is 8.44. The van der Waals surface area contributed by atoms with Gasteiger partial charge in [0, 0.05) is 5.39 Å². The Bertz CT molecular complexity index is 498. The summed E-state index contributed by atoms with van der Waals surface area (Å²) in [5, 5.41) is 0.696. The highest BCUT2D eigenvalue weighted by molar-refractivity contribution is 6.03.